The summed E-state index contributed by atoms with van der Waals surface area (Å²) in [5.74, 6) is 0. The molecular formula is C11H13BrN2. The summed E-state index contributed by atoms with van der Waals surface area (Å²) in [7, 11) is 0. The number of aromatic nitrogens is 1. The number of aryl methyl sites for hydroxylation is 2. The van der Waals surface area contributed by atoms with E-state index in [-0.39, 0.29) is 0 Å². The molecule has 0 unspecified atom stereocenters. The highest BCUT2D eigenvalue weighted by molar-refractivity contribution is 9.10. The van der Waals surface area contributed by atoms with Gasteiger partial charge in [-0.2, -0.15) is 0 Å². The van der Waals surface area contributed by atoms with E-state index >= 15 is 0 Å². The smallest absolute Gasteiger partial charge is 0.0500 e. The van der Waals surface area contributed by atoms with Gasteiger partial charge in [0, 0.05) is 22.1 Å². The zero-order valence-electron chi connectivity index (χ0n) is 8.32. The van der Waals surface area contributed by atoms with Crippen LogP contribution < -0.4 is 5.73 Å². The van der Waals surface area contributed by atoms with Crippen LogP contribution in [0.1, 0.15) is 16.8 Å². The number of hydrogen-bond acceptors (Lipinski definition) is 1. The van der Waals surface area contributed by atoms with Crippen molar-refractivity contribution >= 4 is 26.8 Å². The Balaban J connectivity index is 2.93. The zero-order chi connectivity index (χ0) is 10.3. The van der Waals surface area contributed by atoms with Crippen LogP contribution in [-0.2, 0) is 6.54 Å². The summed E-state index contributed by atoms with van der Waals surface area (Å²) in [6.45, 7) is 4.74. The number of H-pyrrole nitrogens is 1. The molecule has 3 heteroatoms. The summed E-state index contributed by atoms with van der Waals surface area (Å²) in [5.41, 5.74) is 10.6. The predicted molar refractivity (Wildman–Crippen MR) is 63.4 cm³/mol. The highest BCUT2D eigenvalue weighted by atomic mass is 79.9. The van der Waals surface area contributed by atoms with Crippen LogP contribution in [-0.4, -0.2) is 4.98 Å². The van der Waals surface area contributed by atoms with Gasteiger partial charge in [0.2, 0.25) is 0 Å². The molecule has 0 atom stereocenters. The summed E-state index contributed by atoms with van der Waals surface area (Å²) >= 11 is 3.56. The number of aromatic amines is 1. The third-order valence-corrected chi connectivity index (χ3v) is 3.29. The fourth-order valence-corrected chi connectivity index (χ4v) is 2.41. The second-order valence-corrected chi connectivity index (χ2v) is 4.40. The first-order valence-corrected chi connectivity index (χ1v) is 5.40. The minimum atomic E-state index is 0.577. The molecule has 0 bridgehead atoms. The van der Waals surface area contributed by atoms with Crippen molar-refractivity contribution in [1.29, 1.82) is 0 Å². The molecule has 0 fully saturated rings. The molecule has 0 saturated carbocycles. The minimum absolute atomic E-state index is 0.577. The monoisotopic (exact) mass is 252 g/mol. The first-order chi connectivity index (χ1) is 6.65. The highest BCUT2D eigenvalue weighted by Crippen LogP contribution is 2.31. The van der Waals surface area contributed by atoms with E-state index in [0.29, 0.717) is 6.54 Å². The van der Waals surface area contributed by atoms with Crippen molar-refractivity contribution in [3.63, 3.8) is 0 Å². The lowest BCUT2D eigenvalue weighted by atomic mass is 10.1. The number of benzene rings is 1. The van der Waals surface area contributed by atoms with Gasteiger partial charge in [-0.25, -0.2) is 0 Å². The Labute approximate surface area is 91.6 Å². The van der Waals surface area contributed by atoms with Crippen molar-refractivity contribution in [1.82, 2.24) is 4.98 Å². The maximum atomic E-state index is 5.74. The standard InChI is InChI=1S/C11H13BrN2/c1-6-3-4-9(12)10-8(5-13)7(2)14-11(6)10/h3-4,14H,5,13H2,1-2H3. The van der Waals surface area contributed by atoms with Crippen LogP contribution in [0.25, 0.3) is 10.9 Å². The topological polar surface area (TPSA) is 41.8 Å². The second-order valence-electron chi connectivity index (χ2n) is 3.55. The predicted octanol–water partition coefficient (Wildman–Crippen LogP) is 3.01. The van der Waals surface area contributed by atoms with E-state index < -0.39 is 0 Å². The van der Waals surface area contributed by atoms with Gasteiger partial charge in [0.05, 0.1) is 5.52 Å². The van der Waals surface area contributed by atoms with Crippen LogP contribution in [0.3, 0.4) is 0 Å². The molecule has 0 amide bonds. The third-order valence-electron chi connectivity index (χ3n) is 2.63. The molecule has 1 heterocycles. The molecule has 0 aliphatic rings. The maximum absolute atomic E-state index is 5.74. The molecule has 0 aliphatic carbocycles. The number of fused-ring (bicyclic) bond motifs is 1. The largest absolute Gasteiger partial charge is 0.358 e. The molecule has 1 aromatic carbocycles. The SMILES string of the molecule is Cc1[nH]c2c(C)ccc(Br)c2c1CN. The Bertz CT molecular complexity index is 485. The molecule has 0 radical (unpaired) electrons. The molecule has 3 N–H and O–H groups in total. The summed E-state index contributed by atoms with van der Waals surface area (Å²) < 4.78 is 1.11. The van der Waals surface area contributed by atoms with Gasteiger partial charge in [0.25, 0.3) is 0 Å². The lowest BCUT2D eigenvalue weighted by molar-refractivity contribution is 1.05. The molecule has 2 nitrogen and oxygen atoms in total. The van der Waals surface area contributed by atoms with Crippen LogP contribution in [0, 0.1) is 13.8 Å². The first-order valence-electron chi connectivity index (χ1n) is 4.61. The van der Waals surface area contributed by atoms with Crippen molar-refractivity contribution in [2.45, 2.75) is 20.4 Å². The van der Waals surface area contributed by atoms with Gasteiger partial charge in [-0.3, -0.25) is 0 Å². The molecule has 1 aromatic heterocycles. The number of nitrogens with one attached hydrogen (secondary N) is 1. The minimum Gasteiger partial charge on any atom is -0.358 e. The van der Waals surface area contributed by atoms with Crippen LogP contribution >= 0.6 is 15.9 Å². The summed E-state index contributed by atoms with van der Waals surface area (Å²) in [6, 6.07) is 4.17. The van der Waals surface area contributed by atoms with Crippen molar-refractivity contribution in [2.75, 3.05) is 0 Å². The fourth-order valence-electron chi connectivity index (χ4n) is 1.84. The number of halogens is 1. The Morgan fingerprint density at radius 1 is 1.36 bits per heavy atom. The number of hydrogen-bond donors (Lipinski definition) is 2. The van der Waals surface area contributed by atoms with Gasteiger partial charge in [-0.15, -0.1) is 0 Å². The van der Waals surface area contributed by atoms with Crippen molar-refractivity contribution < 1.29 is 0 Å². The summed E-state index contributed by atoms with van der Waals surface area (Å²) in [4.78, 5) is 3.38. The first kappa shape index (κ1) is 9.74. The molecule has 2 aromatic rings. The Hall–Kier alpha value is -0.800. The summed E-state index contributed by atoms with van der Waals surface area (Å²) in [5, 5.41) is 1.23. The van der Waals surface area contributed by atoms with E-state index in [1.807, 2.05) is 0 Å². The van der Waals surface area contributed by atoms with Crippen molar-refractivity contribution in [2.24, 2.45) is 5.73 Å². The zero-order valence-corrected chi connectivity index (χ0v) is 9.90. The second kappa shape index (κ2) is 3.41. The number of rotatable bonds is 1. The van der Waals surface area contributed by atoms with E-state index in [9.17, 15) is 0 Å². The lowest BCUT2D eigenvalue weighted by Gasteiger charge is -2.00. The molecule has 14 heavy (non-hydrogen) atoms. The fraction of sp³-hybridized carbons (Fsp3) is 0.273. The Kier molecular flexibility index (Phi) is 2.37. The van der Waals surface area contributed by atoms with E-state index in [1.165, 1.54) is 22.0 Å². The third kappa shape index (κ3) is 1.28. The van der Waals surface area contributed by atoms with Crippen molar-refractivity contribution in [3.05, 3.63) is 33.4 Å². The van der Waals surface area contributed by atoms with Gasteiger partial charge in [-0.05, 0) is 31.0 Å². The van der Waals surface area contributed by atoms with Gasteiger partial charge in [0.15, 0.2) is 0 Å². The summed E-state index contributed by atoms with van der Waals surface area (Å²) in [6.07, 6.45) is 0. The highest BCUT2D eigenvalue weighted by Gasteiger charge is 2.11. The Morgan fingerprint density at radius 3 is 2.71 bits per heavy atom. The van der Waals surface area contributed by atoms with Gasteiger partial charge >= 0.3 is 0 Å². The van der Waals surface area contributed by atoms with Crippen LogP contribution in [0.4, 0.5) is 0 Å². The van der Waals surface area contributed by atoms with E-state index in [4.69, 9.17) is 5.73 Å². The van der Waals surface area contributed by atoms with Gasteiger partial charge in [-0.1, -0.05) is 22.0 Å². The normalized spacial score (nSPS) is 11.1. The van der Waals surface area contributed by atoms with Gasteiger partial charge < -0.3 is 10.7 Å². The molecule has 0 saturated heterocycles. The quantitative estimate of drug-likeness (QED) is 0.805. The van der Waals surface area contributed by atoms with Crippen LogP contribution in [0.15, 0.2) is 16.6 Å². The number of nitrogens with two attached hydrogens (primary N) is 1. The molecular weight excluding hydrogens is 240 g/mol. The average Bonchev–Trinajstić information content (AvgIpc) is 2.50. The van der Waals surface area contributed by atoms with Gasteiger partial charge in [0.1, 0.15) is 0 Å². The van der Waals surface area contributed by atoms with E-state index in [1.54, 1.807) is 0 Å². The molecule has 0 aliphatic heterocycles. The Morgan fingerprint density at radius 2 is 2.07 bits per heavy atom. The molecule has 74 valence electrons. The van der Waals surface area contributed by atoms with Crippen LogP contribution in [0.5, 0.6) is 0 Å². The average molecular weight is 253 g/mol. The van der Waals surface area contributed by atoms with Crippen LogP contribution in [0.2, 0.25) is 0 Å². The maximum Gasteiger partial charge on any atom is 0.0500 e. The lowest BCUT2D eigenvalue weighted by Crippen LogP contribution is -1.97. The van der Waals surface area contributed by atoms with Crippen molar-refractivity contribution in [3.8, 4) is 0 Å². The van der Waals surface area contributed by atoms with E-state index in [0.717, 1.165) is 10.2 Å². The molecule has 0 spiro atoms. The molecule has 2 rings (SSSR count). The van der Waals surface area contributed by atoms with E-state index in [2.05, 4.69) is 46.9 Å².